The van der Waals surface area contributed by atoms with Crippen molar-refractivity contribution in [2.75, 3.05) is 6.54 Å². The van der Waals surface area contributed by atoms with E-state index in [9.17, 15) is 0 Å². The van der Waals surface area contributed by atoms with Crippen molar-refractivity contribution < 1.29 is 4.42 Å². The normalized spacial score (nSPS) is 19.9. The van der Waals surface area contributed by atoms with E-state index in [2.05, 4.69) is 15.5 Å². The second kappa shape index (κ2) is 5.08. The smallest absolute Gasteiger partial charge is 0.249 e. The van der Waals surface area contributed by atoms with Gasteiger partial charge in [0.2, 0.25) is 11.8 Å². The van der Waals surface area contributed by atoms with Gasteiger partial charge in [-0.05, 0) is 31.5 Å². The zero-order valence-corrected chi connectivity index (χ0v) is 10.7. The van der Waals surface area contributed by atoms with Crippen molar-refractivity contribution in [3.63, 3.8) is 0 Å². The third kappa shape index (κ3) is 2.26. The van der Waals surface area contributed by atoms with Crippen LogP contribution >= 0.6 is 11.6 Å². The van der Waals surface area contributed by atoms with Crippen molar-refractivity contribution in [2.45, 2.75) is 25.3 Å². The maximum absolute atomic E-state index is 6.11. The van der Waals surface area contributed by atoms with Crippen LogP contribution in [0.3, 0.4) is 0 Å². The minimum absolute atomic E-state index is 0.183. The summed E-state index contributed by atoms with van der Waals surface area (Å²) in [5.74, 6) is 1.15. The van der Waals surface area contributed by atoms with E-state index in [1.807, 2.05) is 24.3 Å². The van der Waals surface area contributed by atoms with Gasteiger partial charge in [-0.25, -0.2) is 0 Å². The summed E-state index contributed by atoms with van der Waals surface area (Å²) in [6.07, 6.45) is 3.45. The predicted molar refractivity (Wildman–Crippen MR) is 69.3 cm³/mol. The summed E-state index contributed by atoms with van der Waals surface area (Å²) in [6, 6.07) is 7.67. The van der Waals surface area contributed by atoms with E-state index in [1.165, 1.54) is 12.8 Å². The Morgan fingerprint density at radius 2 is 2.11 bits per heavy atom. The monoisotopic (exact) mass is 263 g/mol. The van der Waals surface area contributed by atoms with Crippen molar-refractivity contribution in [1.82, 2.24) is 15.5 Å². The molecule has 1 aliphatic rings. The van der Waals surface area contributed by atoms with Gasteiger partial charge in [0.1, 0.15) is 0 Å². The Kier molecular flexibility index (Phi) is 3.30. The average molecular weight is 264 g/mol. The molecule has 0 saturated carbocycles. The summed E-state index contributed by atoms with van der Waals surface area (Å²) in [5, 5.41) is 12.2. The molecule has 1 unspecified atom stereocenters. The van der Waals surface area contributed by atoms with Crippen LogP contribution in [-0.2, 0) is 0 Å². The van der Waals surface area contributed by atoms with E-state index in [4.69, 9.17) is 16.0 Å². The average Bonchev–Trinajstić information content (AvgIpc) is 2.90. The van der Waals surface area contributed by atoms with Crippen molar-refractivity contribution in [3.8, 4) is 11.5 Å². The first-order chi connectivity index (χ1) is 8.84. The molecule has 1 aliphatic heterocycles. The second-order valence-electron chi connectivity index (χ2n) is 4.43. The van der Waals surface area contributed by atoms with E-state index in [-0.39, 0.29) is 6.04 Å². The van der Waals surface area contributed by atoms with Crippen LogP contribution in [0.25, 0.3) is 11.5 Å². The summed E-state index contributed by atoms with van der Waals surface area (Å²) >= 11 is 6.11. The van der Waals surface area contributed by atoms with E-state index >= 15 is 0 Å². The maximum atomic E-state index is 6.11. The third-order valence-electron chi connectivity index (χ3n) is 3.15. The number of benzene rings is 1. The van der Waals surface area contributed by atoms with Gasteiger partial charge in [0.05, 0.1) is 16.6 Å². The maximum Gasteiger partial charge on any atom is 0.249 e. The predicted octanol–water partition coefficient (Wildman–Crippen LogP) is 3.20. The van der Waals surface area contributed by atoms with Crippen LogP contribution in [0.1, 0.15) is 31.2 Å². The molecule has 0 aliphatic carbocycles. The van der Waals surface area contributed by atoms with Crippen LogP contribution in [0.15, 0.2) is 28.7 Å². The molecule has 3 rings (SSSR count). The van der Waals surface area contributed by atoms with Crippen LogP contribution in [0.2, 0.25) is 5.02 Å². The number of piperidine rings is 1. The fraction of sp³-hybridized carbons (Fsp3) is 0.385. The highest BCUT2D eigenvalue weighted by molar-refractivity contribution is 6.33. The van der Waals surface area contributed by atoms with E-state index in [0.717, 1.165) is 18.5 Å². The van der Waals surface area contributed by atoms with Crippen LogP contribution in [0, 0.1) is 0 Å². The molecule has 0 spiro atoms. The summed E-state index contributed by atoms with van der Waals surface area (Å²) in [5.41, 5.74) is 0.786. The number of hydrogen-bond acceptors (Lipinski definition) is 4. The highest BCUT2D eigenvalue weighted by atomic mass is 35.5. The molecule has 94 valence electrons. The highest BCUT2D eigenvalue weighted by Crippen LogP contribution is 2.29. The first-order valence-electron chi connectivity index (χ1n) is 6.16. The number of hydrogen-bond donors (Lipinski definition) is 1. The molecule has 1 atom stereocenters. The van der Waals surface area contributed by atoms with Crippen LogP contribution in [-0.4, -0.2) is 16.7 Å². The summed E-state index contributed by atoms with van der Waals surface area (Å²) in [7, 11) is 0. The van der Waals surface area contributed by atoms with Crippen LogP contribution < -0.4 is 5.32 Å². The van der Waals surface area contributed by atoms with Gasteiger partial charge in [-0.15, -0.1) is 10.2 Å². The van der Waals surface area contributed by atoms with Crippen molar-refractivity contribution in [2.24, 2.45) is 0 Å². The van der Waals surface area contributed by atoms with Crippen molar-refractivity contribution in [1.29, 1.82) is 0 Å². The Morgan fingerprint density at radius 1 is 1.22 bits per heavy atom. The molecule has 4 nitrogen and oxygen atoms in total. The summed E-state index contributed by atoms with van der Waals surface area (Å²) in [6.45, 7) is 1.01. The number of halogens is 1. The van der Waals surface area contributed by atoms with E-state index in [0.29, 0.717) is 16.8 Å². The molecular weight excluding hydrogens is 250 g/mol. The van der Waals surface area contributed by atoms with Gasteiger partial charge in [-0.1, -0.05) is 30.2 Å². The summed E-state index contributed by atoms with van der Waals surface area (Å²) in [4.78, 5) is 0. The van der Waals surface area contributed by atoms with Gasteiger partial charge in [0, 0.05) is 0 Å². The molecule has 1 fully saturated rings. The van der Waals surface area contributed by atoms with Crippen molar-refractivity contribution in [3.05, 3.63) is 35.2 Å². The molecule has 1 aromatic heterocycles. The topological polar surface area (TPSA) is 51.0 Å². The lowest BCUT2D eigenvalue weighted by Crippen LogP contribution is -2.26. The molecule has 0 radical (unpaired) electrons. The Hall–Kier alpha value is -1.39. The molecular formula is C13H14ClN3O. The Labute approximate surface area is 110 Å². The van der Waals surface area contributed by atoms with Crippen molar-refractivity contribution >= 4 is 11.6 Å². The van der Waals surface area contributed by atoms with E-state index < -0.39 is 0 Å². The number of nitrogens with zero attached hydrogens (tertiary/aromatic N) is 2. The molecule has 2 aromatic rings. The molecule has 0 bridgehead atoms. The minimum Gasteiger partial charge on any atom is -0.419 e. The van der Waals surface area contributed by atoms with Gasteiger partial charge in [-0.2, -0.15) is 0 Å². The Balaban J connectivity index is 1.87. The van der Waals surface area contributed by atoms with Crippen LogP contribution in [0.5, 0.6) is 0 Å². The Morgan fingerprint density at radius 3 is 2.89 bits per heavy atom. The standard InChI is InChI=1S/C13H14ClN3O/c14-10-6-2-1-5-9(10)12-16-17-13(18-12)11-7-3-4-8-15-11/h1-2,5-6,11,15H,3-4,7-8H2. The molecule has 1 N–H and O–H groups in total. The molecule has 2 heterocycles. The van der Waals surface area contributed by atoms with E-state index in [1.54, 1.807) is 0 Å². The van der Waals surface area contributed by atoms with Gasteiger partial charge in [-0.3, -0.25) is 0 Å². The minimum atomic E-state index is 0.183. The lowest BCUT2D eigenvalue weighted by Gasteiger charge is -2.19. The zero-order valence-electron chi connectivity index (χ0n) is 9.90. The molecule has 18 heavy (non-hydrogen) atoms. The second-order valence-corrected chi connectivity index (χ2v) is 4.83. The van der Waals surface area contributed by atoms with Gasteiger partial charge in [0.15, 0.2) is 0 Å². The lowest BCUT2D eigenvalue weighted by molar-refractivity contribution is 0.342. The molecule has 5 heteroatoms. The van der Waals surface area contributed by atoms with Crippen LogP contribution in [0.4, 0.5) is 0 Å². The quantitative estimate of drug-likeness (QED) is 0.904. The highest BCUT2D eigenvalue weighted by Gasteiger charge is 2.21. The summed E-state index contributed by atoms with van der Waals surface area (Å²) < 4.78 is 5.72. The largest absolute Gasteiger partial charge is 0.419 e. The first kappa shape index (κ1) is 11.7. The fourth-order valence-electron chi connectivity index (χ4n) is 2.18. The molecule has 1 aromatic carbocycles. The van der Waals surface area contributed by atoms with Gasteiger partial charge in [0.25, 0.3) is 0 Å². The zero-order chi connectivity index (χ0) is 12.4. The first-order valence-corrected chi connectivity index (χ1v) is 6.54. The van der Waals surface area contributed by atoms with Gasteiger partial charge < -0.3 is 9.73 Å². The van der Waals surface area contributed by atoms with Gasteiger partial charge >= 0.3 is 0 Å². The third-order valence-corrected chi connectivity index (χ3v) is 3.48. The number of rotatable bonds is 2. The lowest BCUT2D eigenvalue weighted by atomic mass is 10.1. The molecule has 0 amide bonds. The fourth-order valence-corrected chi connectivity index (χ4v) is 2.40. The Bertz CT molecular complexity index is 535. The molecule has 1 saturated heterocycles. The number of aromatic nitrogens is 2. The SMILES string of the molecule is Clc1ccccc1-c1nnc(C2CCCCN2)o1. The number of nitrogens with one attached hydrogen (secondary N) is 1.